The number of hydrogen-bond donors (Lipinski definition) is 0. The van der Waals surface area contributed by atoms with E-state index in [-0.39, 0.29) is 31.4 Å². The van der Waals surface area contributed by atoms with Gasteiger partial charge in [-0.3, -0.25) is 9.59 Å². The van der Waals surface area contributed by atoms with E-state index >= 15 is 0 Å². The number of ether oxygens (including phenoxy) is 2. The Kier molecular flexibility index (Phi) is 12.2. The SMILES string of the molecule is CC(C)CCCCCCCOC(=O)CCCC(=O)OCc1ccccc1. The highest BCUT2D eigenvalue weighted by atomic mass is 16.5. The van der Waals surface area contributed by atoms with Crippen molar-refractivity contribution in [3.8, 4) is 0 Å². The lowest BCUT2D eigenvalue weighted by Crippen LogP contribution is -2.08. The summed E-state index contributed by atoms with van der Waals surface area (Å²) in [5, 5.41) is 0. The summed E-state index contributed by atoms with van der Waals surface area (Å²) in [5.74, 6) is 0.287. The lowest BCUT2D eigenvalue weighted by atomic mass is 10.0. The highest BCUT2D eigenvalue weighted by molar-refractivity contribution is 5.72. The number of esters is 2. The third-order valence-electron chi connectivity index (χ3n) is 4.19. The van der Waals surface area contributed by atoms with Gasteiger partial charge in [-0.25, -0.2) is 0 Å². The highest BCUT2D eigenvalue weighted by Gasteiger charge is 2.07. The second-order valence-electron chi connectivity index (χ2n) is 7.17. The molecule has 0 heterocycles. The molecule has 26 heavy (non-hydrogen) atoms. The maximum atomic E-state index is 11.7. The van der Waals surface area contributed by atoms with Crippen LogP contribution < -0.4 is 0 Å². The van der Waals surface area contributed by atoms with Crippen molar-refractivity contribution >= 4 is 11.9 Å². The van der Waals surface area contributed by atoms with Crippen molar-refractivity contribution in [1.82, 2.24) is 0 Å². The van der Waals surface area contributed by atoms with Gasteiger partial charge >= 0.3 is 11.9 Å². The van der Waals surface area contributed by atoms with E-state index in [1.54, 1.807) is 0 Å². The monoisotopic (exact) mass is 362 g/mol. The average molecular weight is 363 g/mol. The third-order valence-corrected chi connectivity index (χ3v) is 4.19. The lowest BCUT2D eigenvalue weighted by molar-refractivity contribution is -0.146. The molecule has 0 aliphatic rings. The second-order valence-corrected chi connectivity index (χ2v) is 7.17. The van der Waals surface area contributed by atoms with Gasteiger partial charge < -0.3 is 9.47 Å². The highest BCUT2D eigenvalue weighted by Crippen LogP contribution is 2.11. The molecule has 0 saturated heterocycles. The lowest BCUT2D eigenvalue weighted by Gasteiger charge is -2.06. The van der Waals surface area contributed by atoms with Crippen LogP contribution in [-0.4, -0.2) is 18.5 Å². The molecule has 0 bridgehead atoms. The third kappa shape index (κ3) is 12.5. The van der Waals surface area contributed by atoms with Crippen molar-refractivity contribution in [1.29, 1.82) is 0 Å². The molecule has 0 radical (unpaired) electrons. The standard InChI is InChI=1S/C22H34O4/c1-19(2)12-7-4-3-5-10-17-25-21(23)15-11-16-22(24)26-18-20-13-8-6-9-14-20/h6,8-9,13-14,19H,3-5,7,10-12,15-18H2,1-2H3. The van der Waals surface area contributed by atoms with Crippen LogP contribution in [-0.2, 0) is 25.7 Å². The normalized spacial score (nSPS) is 10.7. The van der Waals surface area contributed by atoms with Crippen LogP contribution in [0.3, 0.4) is 0 Å². The average Bonchev–Trinajstić information content (AvgIpc) is 2.63. The zero-order valence-corrected chi connectivity index (χ0v) is 16.4. The molecule has 0 N–H and O–H groups in total. The van der Waals surface area contributed by atoms with Crippen LogP contribution in [0.5, 0.6) is 0 Å². The smallest absolute Gasteiger partial charge is 0.306 e. The molecule has 1 aromatic carbocycles. The quantitative estimate of drug-likeness (QED) is 0.327. The predicted molar refractivity (Wildman–Crippen MR) is 104 cm³/mol. The summed E-state index contributed by atoms with van der Waals surface area (Å²) in [7, 11) is 0. The van der Waals surface area contributed by atoms with Crippen molar-refractivity contribution in [3.63, 3.8) is 0 Å². The number of rotatable bonds is 14. The molecule has 0 aliphatic carbocycles. The van der Waals surface area contributed by atoms with Crippen molar-refractivity contribution in [2.24, 2.45) is 5.92 Å². The van der Waals surface area contributed by atoms with E-state index in [1.807, 2.05) is 30.3 Å². The molecule has 1 rings (SSSR count). The van der Waals surface area contributed by atoms with Crippen molar-refractivity contribution in [3.05, 3.63) is 35.9 Å². The molecule has 0 aliphatic heterocycles. The molecule has 0 aromatic heterocycles. The van der Waals surface area contributed by atoms with Gasteiger partial charge in [0.05, 0.1) is 6.61 Å². The first-order chi connectivity index (χ1) is 12.6. The summed E-state index contributed by atoms with van der Waals surface area (Å²) in [6.07, 6.45) is 8.08. The Morgan fingerprint density at radius 1 is 0.808 bits per heavy atom. The first kappa shape index (κ1) is 22.2. The molecular weight excluding hydrogens is 328 g/mol. The van der Waals surface area contributed by atoms with Gasteiger partial charge in [-0.2, -0.15) is 0 Å². The van der Waals surface area contributed by atoms with Crippen LogP contribution in [0.4, 0.5) is 0 Å². The minimum Gasteiger partial charge on any atom is -0.466 e. The topological polar surface area (TPSA) is 52.6 Å². The van der Waals surface area contributed by atoms with E-state index in [9.17, 15) is 9.59 Å². The van der Waals surface area contributed by atoms with Crippen LogP contribution in [0.1, 0.15) is 77.2 Å². The summed E-state index contributed by atoms with van der Waals surface area (Å²) in [6.45, 7) is 5.27. The number of benzene rings is 1. The maximum Gasteiger partial charge on any atom is 0.306 e. The maximum absolute atomic E-state index is 11.7. The van der Waals surface area contributed by atoms with Gasteiger partial charge in [-0.15, -0.1) is 0 Å². The van der Waals surface area contributed by atoms with E-state index < -0.39 is 0 Å². The minimum absolute atomic E-state index is 0.222. The van der Waals surface area contributed by atoms with Gasteiger partial charge in [-0.1, -0.05) is 76.3 Å². The Morgan fingerprint density at radius 3 is 2.12 bits per heavy atom. The molecular formula is C22H34O4. The summed E-state index contributed by atoms with van der Waals surface area (Å²) < 4.78 is 10.4. The Morgan fingerprint density at radius 2 is 1.42 bits per heavy atom. The fraction of sp³-hybridized carbons (Fsp3) is 0.636. The first-order valence-electron chi connectivity index (χ1n) is 9.93. The Labute approximate surface area is 158 Å². The van der Waals surface area contributed by atoms with E-state index in [0.29, 0.717) is 13.0 Å². The summed E-state index contributed by atoms with van der Waals surface area (Å²) >= 11 is 0. The van der Waals surface area contributed by atoms with Gasteiger partial charge in [0.15, 0.2) is 0 Å². The largest absolute Gasteiger partial charge is 0.466 e. The summed E-state index contributed by atoms with van der Waals surface area (Å²) in [4.78, 5) is 23.3. The molecule has 0 fully saturated rings. The second kappa shape index (κ2) is 14.3. The summed E-state index contributed by atoms with van der Waals surface area (Å²) in [5.41, 5.74) is 0.962. The molecule has 0 saturated carbocycles. The molecule has 0 atom stereocenters. The molecule has 4 nitrogen and oxygen atoms in total. The van der Waals surface area contributed by atoms with Crippen LogP contribution >= 0.6 is 0 Å². The van der Waals surface area contributed by atoms with Crippen LogP contribution in [0.15, 0.2) is 30.3 Å². The number of hydrogen-bond acceptors (Lipinski definition) is 4. The Bertz CT molecular complexity index is 496. The van der Waals surface area contributed by atoms with Gasteiger partial charge in [0, 0.05) is 12.8 Å². The Balaban J connectivity index is 1.92. The molecule has 146 valence electrons. The molecule has 4 heteroatoms. The predicted octanol–water partition coefficient (Wildman–Crippen LogP) is 5.44. The van der Waals surface area contributed by atoms with Crippen molar-refractivity contribution in [2.45, 2.75) is 78.2 Å². The van der Waals surface area contributed by atoms with Gasteiger partial charge in [0.1, 0.15) is 6.61 Å². The van der Waals surface area contributed by atoms with Crippen molar-refractivity contribution in [2.75, 3.05) is 6.61 Å². The van der Waals surface area contributed by atoms with Gasteiger partial charge in [-0.05, 0) is 24.3 Å². The molecule has 0 spiro atoms. The van der Waals surface area contributed by atoms with E-state index in [4.69, 9.17) is 9.47 Å². The molecule has 1 aromatic rings. The van der Waals surface area contributed by atoms with Crippen molar-refractivity contribution < 1.29 is 19.1 Å². The fourth-order valence-electron chi connectivity index (χ4n) is 2.63. The first-order valence-corrected chi connectivity index (χ1v) is 9.93. The van der Waals surface area contributed by atoms with Crippen LogP contribution in [0.2, 0.25) is 0 Å². The molecule has 0 unspecified atom stereocenters. The van der Waals surface area contributed by atoms with Crippen LogP contribution in [0.25, 0.3) is 0 Å². The van der Waals surface area contributed by atoms with E-state index in [1.165, 1.54) is 25.7 Å². The Hall–Kier alpha value is -1.84. The zero-order valence-electron chi connectivity index (χ0n) is 16.4. The summed E-state index contributed by atoms with van der Waals surface area (Å²) in [6, 6.07) is 9.56. The molecule has 0 amide bonds. The minimum atomic E-state index is -0.275. The number of carbonyl (C=O) groups excluding carboxylic acids is 2. The fourth-order valence-corrected chi connectivity index (χ4v) is 2.63. The van der Waals surface area contributed by atoms with Gasteiger partial charge in [0.2, 0.25) is 0 Å². The van der Waals surface area contributed by atoms with E-state index in [2.05, 4.69) is 13.8 Å². The van der Waals surface area contributed by atoms with Gasteiger partial charge in [0.25, 0.3) is 0 Å². The van der Waals surface area contributed by atoms with Crippen LogP contribution in [0, 0.1) is 5.92 Å². The number of unbranched alkanes of at least 4 members (excludes halogenated alkanes) is 4. The number of carbonyl (C=O) groups is 2. The van der Waals surface area contributed by atoms with E-state index in [0.717, 1.165) is 24.3 Å². The zero-order chi connectivity index (χ0) is 19.0.